The van der Waals surface area contributed by atoms with E-state index in [1.807, 2.05) is 50.6 Å². The number of benzene rings is 1. The predicted molar refractivity (Wildman–Crippen MR) is 100 cm³/mol. The maximum absolute atomic E-state index is 5.10. The molecule has 0 spiro atoms. The predicted octanol–water partition coefficient (Wildman–Crippen LogP) is 5.46. The van der Waals surface area contributed by atoms with Crippen molar-refractivity contribution in [2.45, 2.75) is 27.7 Å². The fraction of sp³-hybridized carbons (Fsp3) is 0.238. The van der Waals surface area contributed by atoms with Gasteiger partial charge in [-0.3, -0.25) is 4.98 Å². The lowest BCUT2D eigenvalue weighted by Crippen LogP contribution is -1.90. The Labute approximate surface area is 144 Å². The fourth-order valence-corrected chi connectivity index (χ4v) is 2.56. The highest BCUT2D eigenvalue weighted by molar-refractivity contribution is 5.74. The van der Waals surface area contributed by atoms with Crippen LogP contribution in [0.15, 0.2) is 55.0 Å². The SMILES string of the molecule is CC.COc1ccc(-c2ccc(-c3cnccc3C)c(C)c2)cn1. The Morgan fingerprint density at radius 2 is 1.54 bits per heavy atom. The van der Waals surface area contributed by atoms with Gasteiger partial charge in [-0.25, -0.2) is 4.98 Å². The number of nitrogens with zero attached hydrogens (tertiary/aromatic N) is 2. The number of pyridine rings is 2. The van der Waals surface area contributed by atoms with Crippen LogP contribution in [0.3, 0.4) is 0 Å². The highest BCUT2D eigenvalue weighted by Gasteiger charge is 2.07. The van der Waals surface area contributed by atoms with Gasteiger partial charge in [0.05, 0.1) is 7.11 Å². The minimum absolute atomic E-state index is 0.628. The third-order valence-electron chi connectivity index (χ3n) is 3.83. The number of ether oxygens (including phenoxy) is 1. The van der Waals surface area contributed by atoms with Crippen LogP contribution >= 0.6 is 0 Å². The quantitative estimate of drug-likeness (QED) is 0.642. The summed E-state index contributed by atoms with van der Waals surface area (Å²) in [7, 11) is 1.62. The van der Waals surface area contributed by atoms with Crippen molar-refractivity contribution >= 4 is 0 Å². The first-order valence-corrected chi connectivity index (χ1v) is 8.21. The molecule has 3 heteroatoms. The molecule has 0 amide bonds. The minimum Gasteiger partial charge on any atom is -0.481 e. The van der Waals surface area contributed by atoms with E-state index in [-0.39, 0.29) is 0 Å². The summed E-state index contributed by atoms with van der Waals surface area (Å²) in [5.41, 5.74) is 7.09. The molecule has 2 aromatic heterocycles. The van der Waals surface area contributed by atoms with Gasteiger partial charge < -0.3 is 4.74 Å². The van der Waals surface area contributed by atoms with E-state index in [2.05, 4.69) is 42.0 Å². The fourth-order valence-electron chi connectivity index (χ4n) is 2.56. The molecule has 0 aliphatic heterocycles. The van der Waals surface area contributed by atoms with Gasteiger partial charge in [-0.2, -0.15) is 0 Å². The van der Waals surface area contributed by atoms with Gasteiger partial charge in [0, 0.05) is 35.8 Å². The van der Waals surface area contributed by atoms with E-state index in [0.29, 0.717) is 5.88 Å². The molecule has 0 aliphatic carbocycles. The second-order valence-corrected chi connectivity index (χ2v) is 5.31. The smallest absolute Gasteiger partial charge is 0.212 e. The summed E-state index contributed by atoms with van der Waals surface area (Å²) in [5.74, 6) is 0.628. The molecule has 0 saturated heterocycles. The summed E-state index contributed by atoms with van der Waals surface area (Å²) in [6.07, 6.45) is 5.58. The Morgan fingerprint density at radius 3 is 2.12 bits per heavy atom. The lowest BCUT2D eigenvalue weighted by atomic mass is 9.95. The van der Waals surface area contributed by atoms with Gasteiger partial charge in [0.1, 0.15) is 0 Å². The molecule has 0 aliphatic rings. The standard InChI is InChI=1S/C19H18N2O.C2H6/c1-13-8-9-20-12-18(13)17-6-4-15(10-14(17)2)16-5-7-19(22-3)21-11-16;1-2/h4-12H,1-3H3;1-2H3. The first-order valence-electron chi connectivity index (χ1n) is 8.21. The molecule has 0 N–H and O–H groups in total. The van der Waals surface area contributed by atoms with Gasteiger partial charge in [0.2, 0.25) is 5.88 Å². The van der Waals surface area contributed by atoms with Gasteiger partial charge in [-0.15, -0.1) is 0 Å². The van der Waals surface area contributed by atoms with Crippen molar-refractivity contribution in [3.05, 3.63) is 66.1 Å². The molecule has 0 bridgehead atoms. The number of rotatable bonds is 3. The molecule has 24 heavy (non-hydrogen) atoms. The molecular weight excluding hydrogens is 296 g/mol. The second-order valence-electron chi connectivity index (χ2n) is 5.31. The monoisotopic (exact) mass is 320 g/mol. The Morgan fingerprint density at radius 1 is 0.792 bits per heavy atom. The number of hydrogen-bond donors (Lipinski definition) is 0. The maximum Gasteiger partial charge on any atom is 0.212 e. The highest BCUT2D eigenvalue weighted by atomic mass is 16.5. The first-order chi connectivity index (χ1) is 11.7. The van der Waals surface area contributed by atoms with Crippen LogP contribution in [-0.2, 0) is 0 Å². The van der Waals surface area contributed by atoms with E-state index in [1.165, 1.54) is 22.3 Å². The molecule has 0 saturated carbocycles. The molecule has 0 atom stereocenters. The first kappa shape index (κ1) is 17.7. The zero-order valence-corrected chi connectivity index (χ0v) is 15.0. The van der Waals surface area contributed by atoms with E-state index in [1.54, 1.807) is 7.11 Å². The zero-order valence-electron chi connectivity index (χ0n) is 15.0. The van der Waals surface area contributed by atoms with Crippen LogP contribution in [0.1, 0.15) is 25.0 Å². The summed E-state index contributed by atoms with van der Waals surface area (Å²) < 4.78 is 5.10. The molecule has 3 nitrogen and oxygen atoms in total. The van der Waals surface area contributed by atoms with Gasteiger partial charge in [-0.1, -0.05) is 32.0 Å². The normalized spacial score (nSPS) is 9.88. The maximum atomic E-state index is 5.10. The van der Waals surface area contributed by atoms with Crippen molar-refractivity contribution in [2.24, 2.45) is 0 Å². The van der Waals surface area contributed by atoms with Crippen LogP contribution in [0.5, 0.6) is 5.88 Å². The molecule has 1 aromatic carbocycles. The number of methoxy groups -OCH3 is 1. The van der Waals surface area contributed by atoms with Crippen LogP contribution < -0.4 is 4.74 Å². The van der Waals surface area contributed by atoms with Crippen molar-refractivity contribution in [3.63, 3.8) is 0 Å². The topological polar surface area (TPSA) is 35.0 Å². The molecule has 3 rings (SSSR count). The summed E-state index contributed by atoms with van der Waals surface area (Å²) in [6.45, 7) is 8.24. The summed E-state index contributed by atoms with van der Waals surface area (Å²) in [4.78, 5) is 8.50. The molecule has 0 unspecified atom stereocenters. The number of hydrogen-bond acceptors (Lipinski definition) is 3. The van der Waals surface area contributed by atoms with Gasteiger partial charge >= 0.3 is 0 Å². The van der Waals surface area contributed by atoms with Crippen LogP contribution in [0, 0.1) is 13.8 Å². The molecule has 3 aromatic rings. The lowest BCUT2D eigenvalue weighted by Gasteiger charge is -2.11. The van der Waals surface area contributed by atoms with E-state index in [4.69, 9.17) is 4.74 Å². The average Bonchev–Trinajstić information content (AvgIpc) is 2.64. The van der Waals surface area contributed by atoms with Crippen molar-refractivity contribution in [1.82, 2.24) is 9.97 Å². The van der Waals surface area contributed by atoms with Crippen molar-refractivity contribution in [1.29, 1.82) is 0 Å². The van der Waals surface area contributed by atoms with Crippen LogP contribution in [-0.4, -0.2) is 17.1 Å². The molecular formula is C21H24N2O. The van der Waals surface area contributed by atoms with Crippen molar-refractivity contribution in [3.8, 4) is 28.1 Å². The lowest BCUT2D eigenvalue weighted by molar-refractivity contribution is 0.398. The zero-order chi connectivity index (χ0) is 17.5. The van der Waals surface area contributed by atoms with E-state index in [9.17, 15) is 0 Å². The molecule has 124 valence electrons. The van der Waals surface area contributed by atoms with Crippen LogP contribution in [0.25, 0.3) is 22.3 Å². The van der Waals surface area contributed by atoms with E-state index >= 15 is 0 Å². The Bertz CT molecular complexity index is 795. The third kappa shape index (κ3) is 3.80. The third-order valence-corrected chi connectivity index (χ3v) is 3.83. The van der Waals surface area contributed by atoms with E-state index in [0.717, 1.165) is 11.1 Å². The minimum atomic E-state index is 0.628. The van der Waals surface area contributed by atoms with Crippen LogP contribution in [0.4, 0.5) is 0 Å². The van der Waals surface area contributed by atoms with Gasteiger partial charge in [0.25, 0.3) is 0 Å². The van der Waals surface area contributed by atoms with Crippen molar-refractivity contribution in [2.75, 3.05) is 7.11 Å². The number of aryl methyl sites for hydroxylation is 2. The highest BCUT2D eigenvalue weighted by Crippen LogP contribution is 2.30. The largest absolute Gasteiger partial charge is 0.481 e. The Balaban J connectivity index is 0.00000100. The number of aromatic nitrogens is 2. The van der Waals surface area contributed by atoms with Gasteiger partial charge in [0.15, 0.2) is 0 Å². The second kappa shape index (κ2) is 8.25. The molecule has 2 heterocycles. The molecule has 0 radical (unpaired) electrons. The summed E-state index contributed by atoms with van der Waals surface area (Å²) in [5, 5.41) is 0. The Kier molecular flexibility index (Phi) is 6.07. The average molecular weight is 320 g/mol. The van der Waals surface area contributed by atoms with Gasteiger partial charge in [-0.05, 0) is 48.2 Å². The summed E-state index contributed by atoms with van der Waals surface area (Å²) >= 11 is 0. The molecule has 0 fully saturated rings. The van der Waals surface area contributed by atoms with E-state index < -0.39 is 0 Å². The Hall–Kier alpha value is -2.68. The van der Waals surface area contributed by atoms with Crippen molar-refractivity contribution < 1.29 is 4.74 Å². The summed E-state index contributed by atoms with van der Waals surface area (Å²) in [6, 6.07) is 12.4. The van der Waals surface area contributed by atoms with Crippen LogP contribution in [0.2, 0.25) is 0 Å².